The molecule has 5 heteroatoms. The van der Waals surface area contributed by atoms with Crippen LogP contribution >= 0.6 is 0 Å². The van der Waals surface area contributed by atoms with Crippen molar-refractivity contribution in [2.24, 2.45) is 5.92 Å². The molecular formula is C15H26N4O. The molecule has 2 rings (SSSR count). The van der Waals surface area contributed by atoms with Crippen molar-refractivity contribution < 1.29 is 4.74 Å². The van der Waals surface area contributed by atoms with E-state index in [4.69, 9.17) is 4.74 Å². The molecule has 112 valence electrons. The molecule has 0 aromatic carbocycles. The summed E-state index contributed by atoms with van der Waals surface area (Å²) in [6, 6.07) is 0. The molecule has 1 aromatic heterocycles. The first-order valence-electron chi connectivity index (χ1n) is 7.62. The first kappa shape index (κ1) is 15.0. The van der Waals surface area contributed by atoms with Crippen molar-refractivity contribution in [3.8, 4) is 0 Å². The molecule has 2 N–H and O–H groups in total. The minimum atomic E-state index is 0.387. The lowest BCUT2D eigenvalue weighted by Crippen LogP contribution is -2.17. The van der Waals surface area contributed by atoms with Crippen molar-refractivity contribution in [2.45, 2.75) is 39.5 Å². The first-order chi connectivity index (χ1) is 9.72. The maximum absolute atomic E-state index is 5.41. The quantitative estimate of drug-likeness (QED) is 0.803. The summed E-state index contributed by atoms with van der Waals surface area (Å²) < 4.78 is 5.41. The van der Waals surface area contributed by atoms with Gasteiger partial charge in [0.25, 0.3) is 0 Å². The molecule has 20 heavy (non-hydrogen) atoms. The van der Waals surface area contributed by atoms with Crippen LogP contribution in [0.1, 0.15) is 45.1 Å². The topological polar surface area (TPSA) is 59.1 Å². The maximum Gasteiger partial charge on any atom is 0.134 e. The Bertz CT molecular complexity index is 416. The second-order valence-corrected chi connectivity index (χ2v) is 5.68. The normalized spacial score (nSPS) is 18.5. The highest BCUT2D eigenvalue weighted by Crippen LogP contribution is 2.28. The largest absolute Gasteiger partial charge is 0.381 e. The lowest BCUT2D eigenvalue weighted by molar-refractivity contribution is 0.187. The molecule has 0 spiro atoms. The molecule has 1 aliphatic rings. The van der Waals surface area contributed by atoms with Crippen LogP contribution in [-0.2, 0) is 4.74 Å². The van der Waals surface area contributed by atoms with Gasteiger partial charge in [0, 0.05) is 31.2 Å². The van der Waals surface area contributed by atoms with E-state index < -0.39 is 0 Å². The standard InChI is InChI=1S/C15H26N4O/c1-4-6-16-14-13(11(2)3)15(19-10-18-14)17-8-12-5-7-20-9-12/h10-12H,4-9H2,1-3H3,(H2,16,17,18,19). The zero-order valence-electron chi connectivity index (χ0n) is 12.8. The summed E-state index contributed by atoms with van der Waals surface area (Å²) in [5, 5.41) is 6.88. The van der Waals surface area contributed by atoms with Crippen LogP contribution in [0, 0.1) is 5.92 Å². The fourth-order valence-corrected chi connectivity index (χ4v) is 2.45. The van der Waals surface area contributed by atoms with Gasteiger partial charge in [-0.3, -0.25) is 0 Å². The van der Waals surface area contributed by atoms with Crippen LogP contribution in [0.15, 0.2) is 6.33 Å². The molecule has 0 amide bonds. The van der Waals surface area contributed by atoms with Crippen molar-refractivity contribution in [3.05, 3.63) is 11.9 Å². The third kappa shape index (κ3) is 3.82. The lowest BCUT2D eigenvalue weighted by atomic mass is 10.0. The van der Waals surface area contributed by atoms with Crippen molar-refractivity contribution in [2.75, 3.05) is 36.9 Å². The monoisotopic (exact) mass is 278 g/mol. The van der Waals surface area contributed by atoms with Crippen LogP contribution < -0.4 is 10.6 Å². The molecule has 1 fully saturated rings. The van der Waals surface area contributed by atoms with Gasteiger partial charge in [0.15, 0.2) is 0 Å². The summed E-state index contributed by atoms with van der Waals surface area (Å²) in [4.78, 5) is 8.82. The summed E-state index contributed by atoms with van der Waals surface area (Å²) in [7, 11) is 0. The Morgan fingerprint density at radius 2 is 2.05 bits per heavy atom. The van der Waals surface area contributed by atoms with Gasteiger partial charge in [-0.15, -0.1) is 0 Å². The third-order valence-corrected chi connectivity index (χ3v) is 3.59. The van der Waals surface area contributed by atoms with E-state index in [2.05, 4.69) is 41.4 Å². The molecule has 1 atom stereocenters. The number of hydrogen-bond donors (Lipinski definition) is 2. The number of nitrogens with one attached hydrogen (secondary N) is 2. The average Bonchev–Trinajstić information content (AvgIpc) is 2.95. The fourth-order valence-electron chi connectivity index (χ4n) is 2.45. The van der Waals surface area contributed by atoms with Gasteiger partial charge in [-0.05, 0) is 18.8 Å². The Labute approximate surface area is 121 Å². The third-order valence-electron chi connectivity index (χ3n) is 3.59. The molecule has 1 saturated heterocycles. The summed E-state index contributed by atoms with van der Waals surface area (Å²) in [6.07, 6.45) is 3.86. The average molecular weight is 278 g/mol. The highest BCUT2D eigenvalue weighted by Gasteiger charge is 2.18. The van der Waals surface area contributed by atoms with Gasteiger partial charge < -0.3 is 15.4 Å². The van der Waals surface area contributed by atoms with E-state index in [1.165, 1.54) is 5.56 Å². The number of hydrogen-bond acceptors (Lipinski definition) is 5. The molecule has 1 aliphatic heterocycles. The minimum absolute atomic E-state index is 0.387. The number of ether oxygens (including phenoxy) is 1. The molecule has 1 aromatic rings. The van der Waals surface area contributed by atoms with Gasteiger partial charge in [-0.2, -0.15) is 0 Å². The Hall–Kier alpha value is -1.36. The molecular weight excluding hydrogens is 252 g/mol. The van der Waals surface area contributed by atoms with Gasteiger partial charge in [0.05, 0.1) is 6.61 Å². The summed E-state index contributed by atoms with van der Waals surface area (Å²) in [6.45, 7) is 10.1. The van der Waals surface area contributed by atoms with Gasteiger partial charge in [0.2, 0.25) is 0 Å². The highest BCUT2D eigenvalue weighted by atomic mass is 16.5. The molecule has 2 heterocycles. The molecule has 1 unspecified atom stereocenters. The molecule has 5 nitrogen and oxygen atoms in total. The molecule has 0 saturated carbocycles. The van der Waals surface area contributed by atoms with Crippen molar-refractivity contribution in [1.82, 2.24) is 9.97 Å². The van der Waals surface area contributed by atoms with Crippen LogP contribution in [0.2, 0.25) is 0 Å². The van der Waals surface area contributed by atoms with Crippen molar-refractivity contribution in [3.63, 3.8) is 0 Å². The van der Waals surface area contributed by atoms with Gasteiger partial charge in [-0.1, -0.05) is 20.8 Å². The summed E-state index contributed by atoms with van der Waals surface area (Å²) in [5.41, 5.74) is 1.18. The van der Waals surface area contributed by atoms with E-state index in [0.29, 0.717) is 11.8 Å². The molecule has 0 bridgehead atoms. The SMILES string of the molecule is CCCNc1ncnc(NCC2CCOC2)c1C(C)C. The summed E-state index contributed by atoms with van der Waals surface area (Å²) >= 11 is 0. The second kappa shape index (κ2) is 7.43. The van der Waals surface area contributed by atoms with Gasteiger partial charge in [0.1, 0.15) is 18.0 Å². The van der Waals surface area contributed by atoms with E-state index in [0.717, 1.165) is 50.8 Å². The predicted molar refractivity (Wildman–Crippen MR) is 82.3 cm³/mol. The Morgan fingerprint density at radius 3 is 2.65 bits per heavy atom. The minimum Gasteiger partial charge on any atom is -0.381 e. The predicted octanol–water partition coefficient (Wildman–Crippen LogP) is 2.87. The Balaban J connectivity index is 2.09. The van der Waals surface area contributed by atoms with Crippen LogP contribution in [0.3, 0.4) is 0 Å². The van der Waals surface area contributed by atoms with E-state index in [9.17, 15) is 0 Å². The van der Waals surface area contributed by atoms with Gasteiger partial charge in [-0.25, -0.2) is 9.97 Å². The number of aromatic nitrogens is 2. The van der Waals surface area contributed by atoms with E-state index in [1.54, 1.807) is 6.33 Å². The molecule has 0 radical (unpaired) electrons. The Morgan fingerprint density at radius 1 is 1.30 bits per heavy atom. The second-order valence-electron chi connectivity index (χ2n) is 5.68. The van der Waals surface area contributed by atoms with Crippen LogP contribution in [0.4, 0.5) is 11.6 Å². The van der Waals surface area contributed by atoms with E-state index in [-0.39, 0.29) is 0 Å². The van der Waals surface area contributed by atoms with Crippen LogP contribution in [-0.4, -0.2) is 36.3 Å². The zero-order chi connectivity index (χ0) is 14.4. The van der Waals surface area contributed by atoms with Crippen LogP contribution in [0.5, 0.6) is 0 Å². The van der Waals surface area contributed by atoms with Crippen LogP contribution in [0.25, 0.3) is 0 Å². The zero-order valence-corrected chi connectivity index (χ0v) is 12.8. The summed E-state index contributed by atoms with van der Waals surface area (Å²) in [5.74, 6) is 2.90. The molecule has 0 aliphatic carbocycles. The van der Waals surface area contributed by atoms with Crippen molar-refractivity contribution in [1.29, 1.82) is 0 Å². The number of nitrogens with zero attached hydrogens (tertiary/aromatic N) is 2. The Kier molecular flexibility index (Phi) is 5.59. The number of rotatable bonds is 7. The highest BCUT2D eigenvalue weighted by molar-refractivity contribution is 5.59. The van der Waals surface area contributed by atoms with Gasteiger partial charge >= 0.3 is 0 Å². The maximum atomic E-state index is 5.41. The lowest BCUT2D eigenvalue weighted by Gasteiger charge is -2.18. The van der Waals surface area contributed by atoms with E-state index >= 15 is 0 Å². The fraction of sp³-hybridized carbons (Fsp3) is 0.733. The number of anilines is 2. The smallest absolute Gasteiger partial charge is 0.134 e. The van der Waals surface area contributed by atoms with E-state index in [1.807, 2.05) is 0 Å². The van der Waals surface area contributed by atoms with Crippen molar-refractivity contribution >= 4 is 11.6 Å². The first-order valence-corrected chi connectivity index (χ1v) is 7.62.